The van der Waals surface area contributed by atoms with E-state index in [2.05, 4.69) is 10.4 Å². The molecule has 2 heterocycles. The molecule has 11 heteroatoms. The molecule has 0 aliphatic carbocycles. The Morgan fingerprint density at radius 2 is 1.87 bits per heavy atom. The monoisotopic (exact) mass is 559 g/mol. The van der Waals surface area contributed by atoms with Crippen molar-refractivity contribution in [3.63, 3.8) is 0 Å². The Bertz CT molecular complexity index is 1170. The zero-order valence-corrected chi connectivity index (χ0v) is 24.7. The van der Waals surface area contributed by atoms with Crippen molar-refractivity contribution in [3.8, 4) is 10.4 Å². The second-order valence-electron chi connectivity index (χ2n) is 12.0. The Balaban J connectivity index is 1.80. The fraction of sp³-hybridized carbons (Fsp3) is 0.571. The highest BCUT2D eigenvalue weighted by atomic mass is 32.1. The molecule has 4 N–H and O–H groups in total. The zero-order chi connectivity index (χ0) is 29.1. The van der Waals surface area contributed by atoms with Crippen LogP contribution in [0.15, 0.2) is 29.8 Å². The van der Waals surface area contributed by atoms with Crippen LogP contribution in [0.25, 0.3) is 10.4 Å². The van der Waals surface area contributed by atoms with Gasteiger partial charge in [-0.15, -0.1) is 11.3 Å². The van der Waals surface area contributed by atoms with Gasteiger partial charge in [-0.2, -0.15) is 0 Å². The van der Waals surface area contributed by atoms with Gasteiger partial charge in [0.2, 0.25) is 0 Å². The smallest absolute Gasteiger partial charge is 0.405 e. The zero-order valence-electron chi connectivity index (χ0n) is 23.9. The van der Waals surface area contributed by atoms with Crippen molar-refractivity contribution in [2.45, 2.75) is 79.6 Å². The number of likely N-dealkylation sites (tertiary alicyclic amines) is 1. The summed E-state index contributed by atoms with van der Waals surface area (Å²) in [6, 6.07) is 6.84. The molecule has 3 rings (SSSR count). The van der Waals surface area contributed by atoms with Crippen LogP contribution in [-0.4, -0.2) is 64.2 Å². The molecule has 10 nitrogen and oxygen atoms in total. The lowest BCUT2D eigenvalue weighted by molar-refractivity contribution is -0.151. The van der Waals surface area contributed by atoms with Gasteiger partial charge in [0.15, 0.2) is 6.10 Å². The number of aliphatic hydroxyl groups is 1. The minimum atomic E-state index is -1.21. The van der Waals surface area contributed by atoms with E-state index < -0.39 is 41.6 Å². The predicted molar refractivity (Wildman–Crippen MR) is 152 cm³/mol. The number of carbonyl (C=O) groups is 3. The second-order valence-corrected chi connectivity index (χ2v) is 12.8. The van der Waals surface area contributed by atoms with Crippen molar-refractivity contribution in [2.24, 2.45) is 16.6 Å². The molecule has 1 aromatic carbocycles. The number of anilines is 1. The number of primary amides is 1. The number of thiazole rings is 1. The summed E-state index contributed by atoms with van der Waals surface area (Å²) >= 11 is 1.57. The first kappa shape index (κ1) is 30.4. The largest absolute Gasteiger partial charge is 0.436 e. The molecule has 1 saturated heterocycles. The number of hydrogen-bond donors (Lipinski definition) is 3. The number of nitrogens with two attached hydrogens (primary N) is 1. The lowest BCUT2D eigenvalue weighted by atomic mass is 9.72. The van der Waals surface area contributed by atoms with Crippen LogP contribution in [0.3, 0.4) is 0 Å². The minimum Gasteiger partial charge on any atom is -0.436 e. The highest BCUT2D eigenvalue weighted by molar-refractivity contribution is 7.13. The molecule has 2 aromatic rings. The highest BCUT2D eigenvalue weighted by Gasteiger charge is 2.48. The van der Waals surface area contributed by atoms with Crippen LogP contribution in [0, 0.1) is 17.8 Å². The predicted octanol–water partition coefficient (Wildman–Crippen LogP) is 3.86. The average molecular weight is 560 g/mol. The number of carbonyl (C=O) groups excluding carboxylic acids is 3. The van der Waals surface area contributed by atoms with E-state index in [-0.39, 0.29) is 18.4 Å². The molecule has 0 saturated carbocycles. The van der Waals surface area contributed by atoms with Crippen LogP contribution in [0.4, 0.5) is 10.5 Å². The number of β-amino-alcohol motifs (C(OH)–C–C–N with tert-alkyl or cyclic N) is 1. The summed E-state index contributed by atoms with van der Waals surface area (Å²) in [4.78, 5) is 45.7. The third-order valence-electron chi connectivity index (χ3n) is 6.77. The van der Waals surface area contributed by atoms with E-state index in [9.17, 15) is 19.5 Å². The molecule has 1 aliphatic heterocycles. The standard InChI is InChI=1S/C28H41N5O5S/c1-8-33(19-11-9-18(10-12-19)22-17(2)30-16-39-22)31-24(35)21-13-20(34)14-32(21)25(36)23(38-26(29)37)28(6,7)15-27(3,4)5/h9-12,16,20-21,23,34H,8,13-15H2,1-7H3,(H2,29,37)(H,31,35)/t20-,21+,23?/m1/s1. The van der Waals surface area contributed by atoms with Crippen LogP contribution in [-0.2, 0) is 14.3 Å². The van der Waals surface area contributed by atoms with Crippen LogP contribution in [0.1, 0.15) is 60.1 Å². The molecule has 1 aromatic heterocycles. The van der Waals surface area contributed by atoms with Gasteiger partial charge in [-0.05, 0) is 43.4 Å². The molecular formula is C28H41N5O5S. The summed E-state index contributed by atoms with van der Waals surface area (Å²) < 4.78 is 5.34. The van der Waals surface area contributed by atoms with E-state index in [1.807, 2.05) is 78.2 Å². The maximum Gasteiger partial charge on any atom is 0.405 e. The average Bonchev–Trinajstić information content (AvgIpc) is 3.44. The second kappa shape index (κ2) is 11.9. The van der Waals surface area contributed by atoms with Crippen LogP contribution >= 0.6 is 11.3 Å². The molecule has 3 amide bonds. The number of ether oxygens (including phenoxy) is 1. The number of hydrogen-bond acceptors (Lipinski definition) is 8. The lowest BCUT2D eigenvalue weighted by Gasteiger charge is -2.39. The summed E-state index contributed by atoms with van der Waals surface area (Å²) in [7, 11) is 0. The van der Waals surface area contributed by atoms with Gasteiger partial charge in [-0.3, -0.25) is 20.0 Å². The van der Waals surface area contributed by atoms with Gasteiger partial charge in [0.05, 0.1) is 27.9 Å². The molecule has 1 fully saturated rings. The van der Waals surface area contributed by atoms with E-state index in [0.29, 0.717) is 13.0 Å². The van der Waals surface area contributed by atoms with Gasteiger partial charge in [-0.1, -0.05) is 46.8 Å². The molecule has 39 heavy (non-hydrogen) atoms. The quantitative estimate of drug-likeness (QED) is 0.397. The summed E-state index contributed by atoms with van der Waals surface area (Å²) in [6.45, 7) is 14.0. The van der Waals surface area contributed by atoms with Gasteiger partial charge in [0, 0.05) is 24.9 Å². The molecule has 3 atom stereocenters. The van der Waals surface area contributed by atoms with E-state index in [4.69, 9.17) is 10.5 Å². The number of aryl methyl sites for hydroxylation is 1. The summed E-state index contributed by atoms with van der Waals surface area (Å²) in [5.74, 6) is -0.984. The fourth-order valence-corrected chi connectivity index (χ4v) is 6.29. The maximum absolute atomic E-state index is 13.8. The van der Waals surface area contributed by atoms with Gasteiger partial charge < -0.3 is 20.5 Å². The summed E-state index contributed by atoms with van der Waals surface area (Å²) in [5, 5.41) is 12.1. The van der Waals surface area contributed by atoms with Crippen molar-refractivity contribution in [2.75, 3.05) is 18.1 Å². The van der Waals surface area contributed by atoms with Crippen molar-refractivity contribution in [3.05, 3.63) is 35.5 Å². The van der Waals surface area contributed by atoms with Crippen molar-refractivity contribution < 1.29 is 24.2 Å². The summed E-state index contributed by atoms with van der Waals surface area (Å²) in [5.41, 5.74) is 11.9. The van der Waals surface area contributed by atoms with Crippen LogP contribution in [0.5, 0.6) is 0 Å². The van der Waals surface area contributed by atoms with E-state index >= 15 is 0 Å². The number of benzene rings is 1. The third-order valence-corrected chi connectivity index (χ3v) is 7.74. The van der Waals surface area contributed by atoms with Crippen LogP contribution < -0.4 is 16.2 Å². The molecule has 0 radical (unpaired) electrons. The topological polar surface area (TPSA) is 138 Å². The SMILES string of the molecule is CCN(NC(=O)[C@@H]1C[C@@H](O)CN1C(=O)C(OC(N)=O)C(C)(C)CC(C)(C)C)c1ccc(-c2scnc2C)cc1. The molecular weight excluding hydrogens is 518 g/mol. The number of aliphatic hydroxyl groups excluding tert-OH is 1. The van der Waals surface area contributed by atoms with Gasteiger partial charge in [0.1, 0.15) is 6.04 Å². The highest BCUT2D eigenvalue weighted by Crippen LogP contribution is 2.39. The Morgan fingerprint density at radius 3 is 2.38 bits per heavy atom. The lowest BCUT2D eigenvalue weighted by Crippen LogP contribution is -2.56. The van der Waals surface area contributed by atoms with E-state index in [1.54, 1.807) is 16.3 Å². The number of hydrazine groups is 1. The molecule has 0 spiro atoms. The third kappa shape index (κ3) is 7.48. The number of nitrogens with one attached hydrogen (secondary N) is 1. The molecule has 1 aliphatic rings. The van der Waals surface area contributed by atoms with E-state index in [0.717, 1.165) is 21.8 Å². The Kier molecular flexibility index (Phi) is 9.27. The first-order valence-electron chi connectivity index (χ1n) is 13.2. The minimum absolute atomic E-state index is 0.0455. The maximum atomic E-state index is 13.8. The van der Waals surface area contributed by atoms with Gasteiger partial charge >= 0.3 is 6.09 Å². The van der Waals surface area contributed by atoms with Gasteiger partial charge in [-0.25, -0.2) is 9.78 Å². The Labute approximate surface area is 234 Å². The first-order valence-corrected chi connectivity index (χ1v) is 14.0. The fourth-order valence-electron chi connectivity index (χ4n) is 5.48. The van der Waals surface area contributed by atoms with Crippen LogP contribution in [0.2, 0.25) is 0 Å². The summed E-state index contributed by atoms with van der Waals surface area (Å²) in [6.07, 6.45) is -2.54. The molecule has 0 bridgehead atoms. The number of aromatic nitrogens is 1. The first-order chi connectivity index (χ1) is 18.1. The normalized spacial score (nSPS) is 18.5. The van der Waals surface area contributed by atoms with Crippen molar-refractivity contribution in [1.82, 2.24) is 15.3 Å². The Morgan fingerprint density at radius 1 is 1.23 bits per heavy atom. The van der Waals surface area contributed by atoms with Crippen molar-refractivity contribution in [1.29, 1.82) is 0 Å². The Hall–Kier alpha value is -3.18. The molecule has 1 unspecified atom stereocenters. The van der Waals surface area contributed by atoms with E-state index in [1.165, 1.54) is 4.90 Å². The molecule has 214 valence electrons. The number of rotatable bonds is 9. The van der Waals surface area contributed by atoms with Crippen molar-refractivity contribution >= 4 is 34.9 Å². The van der Waals surface area contributed by atoms with Gasteiger partial charge in [0.25, 0.3) is 11.8 Å². The number of nitrogens with zero attached hydrogens (tertiary/aromatic N) is 3. The number of amides is 3.